The first-order chi connectivity index (χ1) is 10.6. The minimum absolute atomic E-state index is 0.236. The fourth-order valence-corrected chi connectivity index (χ4v) is 4.13. The van der Waals surface area contributed by atoms with E-state index in [9.17, 15) is 5.11 Å². The molecular formula is C18H24N2OS. The van der Waals surface area contributed by atoms with E-state index in [1.54, 1.807) is 0 Å². The summed E-state index contributed by atoms with van der Waals surface area (Å²) in [5, 5.41) is 14.1. The molecule has 0 radical (unpaired) electrons. The summed E-state index contributed by atoms with van der Waals surface area (Å²) in [6, 6.07) is 9.02. The highest BCUT2D eigenvalue weighted by molar-refractivity contribution is 7.15. The van der Waals surface area contributed by atoms with Gasteiger partial charge in [0.1, 0.15) is 5.01 Å². The zero-order valence-electron chi connectivity index (χ0n) is 13.3. The first-order valence-corrected chi connectivity index (χ1v) is 8.93. The van der Waals surface area contributed by atoms with Crippen molar-refractivity contribution >= 4 is 11.3 Å². The number of hydrogen-bond acceptors (Lipinski definition) is 4. The minimum atomic E-state index is -0.236. The molecule has 0 aliphatic heterocycles. The molecule has 1 heterocycles. The molecular weight excluding hydrogens is 292 g/mol. The minimum Gasteiger partial charge on any atom is -0.393 e. The van der Waals surface area contributed by atoms with E-state index >= 15 is 0 Å². The third-order valence-electron chi connectivity index (χ3n) is 4.20. The standard InChI is InChI=1S/C18H24N2OS/c1-12-6-8-14(9-7-12)18-20-16-5-3-4-15(17(16)22-18)19-11-10-13(2)21/h6-9,13,15,19,21H,3-5,10-11H2,1-2H3. The lowest BCUT2D eigenvalue weighted by atomic mass is 9.98. The van der Waals surface area contributed by atoms with Crippen LogP contribution in [-0.4, -0.2) is 22.7 Å². The first-order valence-electron chi connectivity index (χ1n) is 8.11. The molecule has 3 rings (SSSR count). The van der Waals surface area contributed by atoms with Gasteiger partial charge in [0.15, 0.2) is 0 Å². The SMILES string of the molecule is Cc1ccc(-c2nc3c(s2)C(NCCC(C)O)CCC3)cc1. The van der Waals surface area contributed by atoms with Crippen molar-refractivity contribution < 1.29 is 5.11 Å². The maximum absolute atomic E-state index is 9.40. The Morgan fingerprint density at radius 1 is 1.36 bits per heavy atom. The normalized spacial score (nSPS) is 19.0. The molecule has 3 nitrogen and oxygen atoms in total. The number of aryl methyl sites for hydroxylation is 2. The van der Waals surface area contributed by atoms with Crippen molar-refractivity contribution in [3.05, 3.63) is 40.4 Å². The number of aliphatic hydroxyl groups is 1. The van der Waals surface area contributed by atoms with Crippen LogP contribution in [0.25, 0.3) is 10.6 Å². The summed E-state index contributed by atoms with van der Waals surface area (Å²) in [4.78, 5) is 6.27. The van der Waals surface area contributed by atoms with Crippen molar-refractivity contribution in [2.75, 3.05) is 6.54 Å². The van der Waals surface area contributed by atoms with Gasteiger partial charge in [0, 0.05) is 16.5 Å². The highest BCUT2D eigenvalue weighted by Crippen LogP contribution is 2.37. The van der Waals surface area contributed by atoms with E-state index in [1.807, 2.05) is 18.3 Å². The fraction of sp³-hybridized carbons (Fsp3) is 0.500. The predicted molar refractivity (Wildman–Crippen MR) is 92.3 cm³/mol. The Bertz CT molecular complexity index is 619. The number of benzene rings is 1. The van der Waals surface area contributed by atoms with E-state index < -0.39 is 0 Å². The molecule has 1 aliphatic carbocycles. The molecule has 4 heteroatoms. The van der Waals surface area contributed by atoms with Gasteiger partial charge in [0.05, 0.1) is 11.8 Å². The van der Waals surface area contributed by atoms with Crippen molar-refractivity contribution in [2.45, 2.75) is 51.7 Å². The quantitative estimate of drug-likeness (QED) is 0.880. The van der Waals surface area contributed by atoms with E-state index in [-0.39, 0.29) is 6.10 Å². The second-order valence-corrected chi connectivity index (χ2v) is 7.26. The lowest BCUT2D eigenvalue weighted by Gasteiger charge is -2.22. The smallest absolute Gasteiger partial charge is 0.123 e. The second-order valence-electron chi connectivity index (χ2n) is 6.23. The average molecular weight is 316 g/mol. The Balaban J connectivity index is 1.77. The molecule has 2 N–H and O–H groups in total. The summed E-state index contributed by atoms with van der Waals surface area (Å²) < 4.78 is 0. The molecule has 0 saturated heterocycles. The summed E-state index contributed by atoms with van der Waals surface area (Å²) >= 11 is 1.83. The Labute approximate surface area is 136 Å². The van der Waals surface area contributed by atoms with Gasteiger partial charge < -0.3 is 10.4 Å². The molecule has 1 aliphatic rings. The molecule has 2 atom stereocenters. The number of aromatic nitrogens is 1. The molecule has 1 aromatic heterocycles. The van der Waals surface area contributed by atoms with E-state index in [2.05, 4.69) is 36.5 Å². The number of rotatable bonds is 5. The zero-order valence-corrected chi connectivity index (χ0v) is 14.1. The van der Waals surface area contributed by atoms with Gasteiger partial charge >= 0.3 is 0 Å². The molecule has 1 aromatic carbocycles. The summed E-state index contributed by atoms with van der Waals surface area (Å²) in [6.45, 7) is 4.81. The van der Waals surface area contributed by atoms with Crippen LogP contribution >= 0.6 is 11.3 Å². The number of fused-ring (bicyclic) bond motifs is 1. The van der Waals surface area contributed by atoms with Crippen molar-refractivity contribution in [3.8, 4) is 10.6 Å². The van der Waals surface area contributed by atoms with Crippen LogP contribution in [0.3, 0.4) is 0 Å². The second kappa shape index (κ2) is 6.90. The Morgan fingerprint density at radius 2 is 2.14 bits per heavy atom. The highest BCUT2D eigenvalue weighted by Gasteiger charge is 2.24. The third kappa shape index (κ3) is 3.57. The number of aliphatic hydroxyl groups excluding tert-OH is 1. The van der Waals surface area contributed by atoms with Crippen LogP contribution in [-0.2, 0) is 6.42 Å². The third-order valence-corrected chi connectivity index (χ3v) is 5.46. The van der Waals surface area contributed by atoms with Crippen LogP contribution in [0, 0.1) is 6.92 Å². The van der Waals surface area contributed by atoms with E-state index in [1.165, 1.54) is 34.5 Å². The van der Waals surface area contributed by atoms with Gasteiger partial charge in [0.2, 0.25) is 0 Å². The topological polar surface area (TPSA) is 45.2 Å². The monoisotopic (exact) mass is 316 g/mol. The van der Waals surface area contributed by atoms with Crippen molar-refractivity contribution in [3.63, 3.8) is 0 Å². The zero-order chi connectivity index (χ0) is 15.5. The molecule has 0 amide bonds. The fourth-order valence-electron chi connectivity index (χ4n) is 2.90. The molecule has 0 saturated carbocycles. The molecule has 0 spiro atoms. The van der Waals surface area contributed by atoms with Gasteiger partial charge in [-0.2, -0.15) is 0 Å². The van der Waals surface area contributed by atoms with Crippen molar-refractivity contribution in [2.24, 2.45) is 0 Å². The predicted octanol–water partition coefficient (Wildman–Crippen LogP) is 3.86. The summed E-state index contributed by atoms with van der Waals surface area (Å²) in [5.74, 6) is 0. The lowest BCUT2D eigenvalue weighted by Crippen LogP contribution is -2.26. The van der Waals surface area contributed by atoms with Gasteiger partial charge in [-0.1, -0.05) is 29.8 Å². The lowest BCUT2D eigenvalue weighted by molar-refractivity contribution is 0.182. The van der Waals surface area contributed by atoms with Gasteiger partial charge in [-0.3, -0.25) is 0 Å². The molecule has 0 fully saturated rings. The summed E-state index contributed by atoms with van der Waals surface area (Å²) in [5.41, 5.74) is 3.76. The van der Waals surface area contributed by atoms with E-state index in [0.29, 0.717) is 6.04 Å². The van der Waals surface area contributed by atoms with Gasteiger partial charge in [-0.15, -0.1) is 11.3 Å². The number of hydrogen-bond donors (Lipinski definition) is 2. The van der Waals surface area contributed by atoms with Crippen LogP contribution in [0.2, 0.25) is 0 Å². The number of nitrogens with one attached hydrogen (secondary N) is 1. The molecule has 118 valence electrons. The van der Waals surface area contributed by atoms with Gasteiger partial charge in [-0.25, -0.2) is 4.98 Å². The Morgan fingerprint density at radius 3 is 2.86 bits per heavy atom. The molecule has 22 heavy (non-hydrogen) atoms. The average Bonchev–Trinajstić information content (AvgIpc) is 2.92. The summed E-state index contributed by atoms with van der Waals surface area (Å²) in [7, 11) is 0. The van der Waals surface area contributed by atoms with Crippen LogP contribution < -0.4 is 5.32 Å². The van der Waals surface area contributed by atoms with E-state index in [0.717, 1.165) is 24.4 Å². The van der Waals surface area contributed by atoms with Gasteiger partial charge in [-0.05, 0) is 46.1 Å². The largest absolute Gasteiger partial charge is 0.393 e. The van der Waals surface area contributed by atoms with Crippen LogP contribution in [0.4, 0.5) is 0 Å². The first kappa shape index (κ1) is 15.7. The Hall–Kier alpha value is -1.23. The van der Waals surface area contributed by atoms with Crippen LogP contribution in [0.15, 0.2) is 24.3 Å². The van der Waals surface area contributed by atoms with Crippen molar-refractivity contribution in [1.82, 2.24) is 10.3 Å². The number of thiazole rings is 1. The summed E-state index contributed by atoms with van der Waals surface area (Å²) in [6.07, 6.45) is 4.01. The molecule has 2 unspecified atom stereocenters. The maximum atomic E-state index is 9.40. The van der Waals surface area contributed by atoms with Crippen molar-refractivity contribution in [1.29, 1.82) is 0 Å². The van der Waals surface area contributed by atoms with Gasteiger partial charge in [0.25, 0.3) is 0 Å². The van der Waals surface area contributed by atoms with Crippen LogP contribution in [0.5, 0.6) is 0 Å². The maximum Gasteiger partial charge on any atom is 0.123 e. The number of nitrogens with zero attached hydrogens (tertiary/aromatic N) is 1. The van der Waals surface area contributed by atoms with E-state index in [4.69, 9.17) is 4.98 Å². The molecule has 0 bridgehead atoms. The Kier molecular flexibility index (Phi) is 4.91. The highest BCUT2D eigenvalue weighted by atomic mass is 32.1. The molecule has 2 aromatic rings. The van der Waals surface area contributed by atoms with Crippen LogP contribution in [0.1, 0.15) is 48.4 Å².